The van der Waals surface area contributed by atoms with Crippen LogP contribution in [-0.4, -0.2) is 28.6 Å². The molecule has 0 bridgehead atoms. The maximum absolute atomic E-state index is 12.6. The summed E-state index contributed by atoms with van der Waals surface area (Å²) in [6, 6.07) is 7.27. The molecule has 0 saturated carbocycles. The Kier molecular flexibility index (Phi) is 5.19. The van der Waals surface area contributed by atoms with Gasteiger partial charge in [-0.15, -0.1) is 11.3 Å². The first-order chi connectivity index (χ1) is 13.0. The Morgan fingerprint density at radius 2 is 2.07 bits per heavy atom. The molecular weight excluding hydrogens is 376 g/mol. The van der Waals surface area contributed by atoms with E-state index in [1.807, 2.05) is 31.2 Å². The van der Waals surface area contributed by atoms with Gasteiger partial charge in [-0.1, -0.05) is 18.7 Å². The minimum absolute atomic E-state index is 0.102. The zero-order valence-electron chi connectivity index (χ0n) is 15.7. The van der Waals surface area contributed by atoms with Gasteiger partial charge in [0.25, 0.3) is 0 Å². The maximum Gasteiger partial charge on any atom is 0.173 e. The average molecular weight is 399 g/mol. The molecule has 1 aromatic carbocycles. The van der Waals surface area contributed by atoms with Gasteiger partial charge in [0.1, 0.15) is 21.4 Å². The standard InChI is InChI=1S/C21H22N2O2S2/c1-12-4-9-16-18(10-12)27-21-19(16)20(22-13(2)23-21)26-11-17(24)14-5-7-15(25-3)8-6-14/h5-8,12H,4,9-11H2,1-3H3. The first-order valence-corrected chi connectivity index (χ1v) is 10.9. The second-order valence-corrected chi connectivity index (χ2v) is 9.10. The minimum atomic E-state index is 0.102. The van der Waals surface area contributed by atoms with Crippen molar-refractivity contribution < 1.29 is 9.53 Å². The number of thiophene rings is 1. The summed E-state index contributed by atoms with van der Waals surface area (Å²) >= 11 is 3.33. The number of thioether (sulfide) groups is 1. The molecule has 0 amide bonds. The Balaban J connectivity index is 1.60. The highest BCUT2D eigenvalue weighted by atomic mass is 32.2. The zero-order chi connectivity index (χ0) is 19.0. The molecule has 6 heteroatoms. The molecule has 1 unspecified atom stereocenters. The molecule has 27 heavy (non-hydrogen) atoms. The Morgan fingerprint density at radius 3 is 2.81 bits per heavy atom. The van der Waals surface area contributed by atoms with E-state index in [2.05, 4.69) is 16.9 Å². The average Bonchev–Trinajstić information content (AvgIpc) is 3.02. The fraction of sp³-hybridized carbons (Fsp3) is 0.381. The number of ether oxygens (including phenoxy) is 1. The Labute approximate surface area is 167 Å². The van der Waals surface area contributed by atoms with Crippen LogP contribution >= 0.6 is 23.1 Å². The van der Waals surface area contributed by atoms with Gasteiger partial charge in [0.05, 0.1) is 12.9 Å². The summed E-state index contributed by atoms with van der Waals surface area (Å²) in [5.41, 5.74) is 2.11. The Morgan fingerprint density at radius 1 is 1.30 bits per heavy atom. The summed E-state index contributed by atoms with van der Waals surface area (Å²) in [7, 11) is 1.62. The van der Waals surface area contributed by atoms with Gasteiger partial charge in [-0.25, -0.2) is 9.97 Å². The number of benzene rings is 1. The summed E-state index contributed by atoms with van der Waals surface area (Å²) < 4.78 is 5.16. The molecule has 140 valence electrons. The molecule has 3 aromatic rings. The van der Waals surface area contributed by atoms with Crippen LogP contribution in [0.25, 0.3) is 10.2 Å². The van der Waals surface area contributed by atoms with E-state index in [0.717, 1.165) is 40.2 Å². The quantitative estimate of drug-likeness (QED) is 0.340. The molecule has 1 aliphatic rings. The van der Waals surface area contributed by atoms with Gasteiger partial charge in [-0.2, -0.15) is 0 Å². The van der Waals surface area contributed by atoms with E-state index in [-0.39, 0.29) is 5.78 Å². The lowest BCUT2D eigenvalue weighted by atomic mass is 9.89. The fourth-order valence-electron chi connectivity index (χ4n) is 3.51. The smallest absolute Gasteiger partial charge is 0.173 e. The largest absolute Gasteiger partial charge is 0.497 e. The highest BCUT2D eigenvalue weighted by Crippen LogP contribution is 2.41. The van der Waals surface area contributed by atoms with E-state index >= 15 is 0 Å². The van der Waals surface area contributed by atoms with Crippen molar-refractivity contribution in [2.24, 2.45) is 5.92 Å². The van der Waals surface area contributed by atoms with Crippen LogP contribution in [0.1, 0.15) is 40.0 Å². The van der Waals surface area contributed by atoms with Crippen molar-refractivity contribution in [3.05, 3.63) is 46.1 Å². The normalized spacial score (nSPS) is 16.3. The number of hydrogen-bond acceptors (Lipinski definition) is 6. The van der Waals surface area contributed by atoms with Crippen molar-refractivity contribution in [2.45, 2.75) is 38.1 Å². The summed E-state index contributed by atoms with van der Waals surface area (Å²) in [6.45, 7) is 4.24. The molecule has 4 rings (SSSR count). The van der Waals surface area contributed by atoms with Crippen LogP contribution in [0.2, 0.25) is 0 Å². The third-order valence-electron chi connectivity index (χ3n) is 4.99. The minimum Gasteiger partial charge on any atom is -0.497 e. The predicted molar refractivity (Wildman–Crippen MR) is 111 cm³/mol. The van der Waals surface area contributed by atoms with Crippen LogP contribution in [0, 0.1) is 12.8 Å². The number of nitrogens with zero attached hydrogens (tertiary/aromatic N) is 2. The number of ketones is 1. The number of methoxy groups -OCH3 is 1. The van der Waals surface area contributed by atoms with E-state index in [1.165, 1.54) is 34.0 Å². The highest BCUT2D eigenvalue weighted by Gasteiger charge is 2.24. The van der Waals surface area contributed by atoms with Gasteiger partial charge in [-0.3, -0.25) is 4.79 Å². The van der Waals surface area contributed by atoms with Crippen molar-refractivity contribution in [3.8, 4) is 5.75 Å². The van der Waals surface area contributed by atoms with Gasteiger partial charge < -0.3 is 4.74 Å². The number of carbonyl (C=O) groups is 1. The van der Waals surface area contributed by atoms with Crippen molar-refractivity contribution >= 4 is 39.1 Å². The van der Waals surface area contributed by atoms with Crippen molar-refractivity contribution in [1.29, 1.82) is 0 Å². The molecule has 0 saturated heterocycles. The van der Waals surface area contributed by atoms with E-state index < -0.39 is 0 Å². The third-order valence-corrected chi connectivity index (χ3v) is 7.11. The molecule has 0 N–H and O–H groups in total. The second kappa shape index (κ2) is 7.60. The van der Waals surface area contributed by atoms with Crippen LogP contribution < -0.4 is 4.74 Å². The fourth-order valence-corrected chi connectivity index (χ4v) is 6.00. The van der Waals surface area contributed by atoms with Crippen LogP contribution in [-0.2, 0) is 12.8 Å². The molecule has 0 radical (unpaired) electrons. The topological polar surface area (TPSA) is 52.1 Å². The molecule has 4 nitrogen and oxygen atoms in total. The number of hydrogen-bond donors (Lipinski definition) is 0. The molecule has 1 aliphatic carbocycles. The zero-order valence-corrected chi connectivity index (χ0v) is 17.4. The molecule has 1 atom stereocenters. The number of aromatic nitrogens is 2. The summed E-state index contributed by atoms with van der Waals surface area (Å²) in [5, 5.41) is 2.13. The van der Waals surface area contributed by atoms with Gasteiger partial charge in [0.15, 0.2) is 5.78 Å². The molecule has 0 spiro atoms. The van der Waals surface area contributed by atoms with Crippen molar-refractivity contribution in [1.82, 2.24) is 9.97 Å². The van der Waals surface area contributed by atoms with Gasteiger partial charge in [0.2, 0.25) is 0 Å². The Hall–Kier alpha value is -1.92. The maximum atomic E-state index is 12.6. The number of carbonyl (C=O) groups excluding carboxylic acids is 1. The number of rotatable bonds is 5. The van der Waals surface area contributed by atoms with Crippen LogP contribution in [0.4, 0.5) is 0 Å². The van der Waals surface area contributed by atoms with E-state index in [1.54, 1.807) is 18.4 Å². The lowest BCUT2D eigenvalue weighted by Crippen LogP contribution is -2.09. The molecular formula is C21H22N2O2S2. The molecule has 2 heterocycles. The van der Waals surface area contributed by atoms with Gasteiger partial charge >= 0.3 is 0 Å². The first kappa shape index (κ1) is 18.4. The molecule has 0 fully saturated rings. The highest BCUT2D eigenvalue weighted by molar-refractivity contribution is 8.00. The second-order valence-electron chi connectivity index (χ2n) is 7.05. The lowest BCUT2D eigenvalue weighted by molar-refractivity contribution is 0.102. The third kappa shape index (κ3) is 3.73. The summed E-state index contributed by atoms with van der Waals surface area (Å²) in [4.78, 5) is 24.5. The first-order valence-electron chi connectivity index (χ1n) is 9.14. The van der Waals surface area contributed by atoms with Gasteiger partial charge in [0, 0.05) is 15.8 Å². The van der Waals surface area contributed by atoms with Crippen LogP contribution in [0.3, 0.4) is 0 Å². The van der Waals surface area contributed by atoms with E-state index in [0.29, 0.717) is 11.3 Å². The lowest BCUT2D eigenvalue weighted by Gasteiger charge is -2.18. The van der Waals surface area contributed by atoms with E-state index in [9.17, 15) is 4.79 Å². The van der Waals surface area contributed by atoms with Crippen molar-refractivity contribution in [2.75, 3.05) is 12.9 Å². The molecule has 0 aliphatic heterocycles. The number of Topliss-reactive ketones (excluding diaryl/α,β-unsaturated/α-hetero) is 1. The molecule has 2 aromatic heterocycles. The van der Waals surface area contributed by atoms with Gasteiger partial charge in [-0.05, 0) is 61.9 Å². The number of aryl methyl sites for hydroxylation is 2. The number of fused-ring (bicyclic) bond motifs is 3. The Bertz CT molecular complexity index is 996. The summed E-state index contributed by atoms with van der Waals surface area (Å²) in [6.07, 6.45) is 3.43. The SMILES string of the molecule is COc1ccc(C(=O)CSc2nc(C)nc3sc4c(c23)CCC(C)C4)cc1. The monoisotopic (exact) mass is 398 g/mol. The predicted octanol–water partition coefficient (Wildman–Crippen LogP) is 5.11. The van der Waals surface area contributed by atoms with Crippen LogP contribution in [0.15, 0.2) is 29.3 Å². The van der Waals surface area contributed by atoms with Crippen LogP contribution in [0.5, 0.6) is 5.75 Å². The van der Waals surface area contributed by atoms with Crippen molar-refractivity contribution in [3.63, 3.8) is 0 Å². The van der Waals surface area contributed by atoms with E-state index in [4.69, 9.17) is 4.74 Å². The summed E-state index contributed by atoms with van der Waals surface area (Å²) in [5.74, 6) is 2.73.